The molecule has 1 aliphatic heterocycles. The SMILES string of the molecule is O=C(O)CC(C(=O)O)C1CC[C@H](NC(=O)Cc2ccsc2)B(O)O1. The summed E-state index contributed by atoms with van der Waals surface area (Å²) in [5.41, 5.74) is 0.869. The van der Waals surface area contributed by atoms with Gasteiger partial charge in [0.25, 0.3) is 0 Å². The van der Waals surface area contributed by atoms with Gasteiger partial charge in [0.1, 0.15) is 0 Å². The van der Waals surface area contributed by atoms with Crippen LogP contribution in [-0.4, -0.2) is 52.2 Å². The third-order valence-corrected chi connectivity index (χ3v) is 4.60. The standard InChI is InChI=1S/C14H18BNO7S/c17-12(5-8-3-4-24-7-8)16-11-2-1-10(23-15(11)22)9(14(20)21)6-13(18)19/h3-4,7,9-11,22H,1-2,5-6H2,(H,16,17)(H,18,19)(H,20,21)/t9?,10?,11-/m0/s1. The van der Waals surface area contributed by atoms with Gasteiger partial charge in [-0.15, -0.1) is 0 Å². The second-order valence-electron chi connectivity index (χ2n) is 5.67. The van der Waals surface area contributed by atoms with Crippen LogP contribution < -0.4 is 5.32 Å². The first-order valence-electron chi connectivity index (χ1n) is 7.45. The van der Waals surface area contributed by atoms with Crippen LogP contribution in [0, 0.1) is 5.92 Å². The van der Waals surface area contributed by atoms with Crippen LogP contribution in [0.4, 0.5) is 0 Å². The Kier molecular flexibility index (Phi) is 6.35. The third kappa shape index (κ3) is 5.05. The minimum Gasteiger partial charge on any atom is -0.481 e. The lowest BCUT2D eigenvalue weighted by atomic mass is 9.71. The zero-order chi connectivity index (χ0) is 17.7. The zero-order valence-corrected chi connectivity index (χ0v) is 13.6. The Morgan fingerprint density at radius 1 is 1.38 bits per heavy atom. The molecule has 10 heteroatoms. The van der Waals surface area contributed by atoms with E-state index < -0.39 is 43.4 Å². The number of rotatable bonds is 7. The van der Waals surface area contributed by atoms with Crippen molar-refractivity contribution >= 4 is 36.3 Å². The fourth-order valence-electron chi connectivity index (χ4n) is 2.67. The number of hydrogen-bond donors (Lipinski definition) is 4. The van der Waals surface area contributed by atoms with Crippen molar-refractivity contribution in [2.45, 2.75) is 37.7 Å². The highest BCUT2D eigenvalue weighted by Crippen LogP contribution is 2.25. The summed E-state index contributed by atoms with van der Waals surface area (Å²) in [5, 5.41) is 34.3. The molecule has 1 aromatic rings. The Labute approximate surface area is 142 Å². The average Bonchev–Trinajstić information content (AvgIpc) is 2.99. The molecule has 0 aliphatic carbocycles. The molecule has 2 rings (SSSR count). The molecule has 0 bridgehead atoms. The molecular formula is C14H18BNO7S. The molecule has 130 valence electrons. The van der Waals surface area contributed by atoms with Crippen LogP contribution in [0.5, 0.6) is 0 Å². The van der Waals surface area contributed by atoms with E-state index in [1.807, 2.05) is 16.8 Å². The number of aliphatic carboxylic acids is 2. The van der Waals surface area contributed by atoms with Gasteiger partial charge in [-0.1, -0.05) is 0 Å². The van der Waals surface area contributed by atoms with Gasteiger partial charge in [0.2, 0.25) is 5.91 Å². The number of carbonyl (C=O) groups is 3. The quantitative estimate of drug-likeness (QED) is 0.512. The highest BCUT2D eigenvalue weighted by atomic mass is 32.1. The van der Waals surface area contributed by atoms with E-state index >= 15 is 0 Å². The van der Waals surface area contributed by atoms with Gasteiger partial charge >= 0.3 is 19.1 Å². The van der Waals surface area contributed by atoms with Crippen LogP contribution in [0.1, 0.15) is 24.8 Å². The van der Waals surface area contributed by atoms with Gasteiger partial charge in [-0.3, -0.25) is 14.4 Å². The van der Waals surface area contributed by atoms with Crippen molar-refractivity contribution in [3.05, 3.63) is 22.4 Å². The average molecular weight is 355 g/mol. The summed E-state index contributed by atoms with van der Waals surface area (Å²) in [7, 11) is -1.37. The minimum absolute atomic E-state index is 0.187. The first-order valence-corrected chi connectivity index (χ1v) is 8.39. The number of amides is 1. The van der Waals surface area contributed by atoms with Gasteiger partial charge in [0, 0.05) is 0 Å². The number of hydrogen-bond acceptors (Lipinski definition) is 6. The number of nitrogens with one attached hydrogen (secondary N) is 1. The molecule has 2 heterocycles. The van der Waals surface area contributed by atoms with Crippen molar-refractivity contribution < 1.29 is 34.3 Å². The molecule has 8 nitrogen and oxygen atoms in total. The molecule has 24 heavy (non-hydrogen) atoms. The van der Waals surface area contributed by atoms with E-state index in [1.165, 1.54) is 11.3 Å². The summed E-state index contributed by atoms with van der Waals surface area (Å²) < 4.78 is 5.26. The molecular weight excluding hydrogens is 337 g/mol. The van der Waals surface area contributed by atoms with E-state index in [1.54, 1.807) is 0 Å². The second kappa shape index (κ2) is 8.27. The van der Waals surface area contributed by atoms with Crippen molar-refractivity contribution in [2.24, 2.45) is 5.92 Å². The first-order chi connectivity index (χ1) is 11.4. The summed E-state index contributed by atoms with van der Waals surface area (Å²) in [4.78, 5) is 33.9. The molecule has 0 aromatic carbocycles. The van der Waals surface area contributed by atoms with Crippen LogP contribution >= 0.6 is 11.3 Å². The fraction of sp³-hybridized carbons (Fsp3) is 0.500. The zero-order valence-electron chi connectivity index (χ0n) is 12.8. The molecule has 0 radical (unpaired) electrons. The summed E-state index contributed by atoms with van der Waals surface area (Å²) in [6, 6.07) is 1.83. The molecule has 0 spiro atoms. The maximum Gasteiger partial charge on any atom is 0.478 e. The van der Waals surface area contributed by atoms with Crippen molar-refractivity contribution in [3.63, 3.8) is 0 Å². The Morgan fingerprint density at radius 3 is 2.67 bits per heavy atom. The molecule has 2 unspecified atom stereocenters. The van der Waals surface area contributed by atoms with Crippen LogP contribution in [-0.2, 0) is 25.5 Å². The van der Waals surface area contributed by atoms with E-state index in [9.17, 15) is 19.4 Å². The largest absolute Gasteiger partial charge is 0.481 e. The molecule has 0 saturated carbocycles. The summed E-state index contributed by atoms with van der Waals surface area (Å²) in [6.45, 7) is 0. The lowest BCUT2D eigenvalue weighted by Gasteiger charge is -2.34. The molecule has 4 N–H and O–H groups in total. The Hall–Kier alpha value is -1.91. The molecule has 1 fully saturated rings. The predicted molar refractivity (Wildman–Crippen MR) is 85.4 cm³/mol. The number of carbonyl (C=O) groups excluding carboxylic acids is 1. The minimum atomic E-state index is -1.37. The fourth-order valence-corrected chi connectivity index (χ4v) is 3.34. The highest BCUT2D eigenvalue weighted by molar-refractivity contribution is 7.08. The highest BCUT2D eigenvalue weighted by Gasteiger charge is 2.41. The van der Waals surface area contributed by atoms with Gasteiger partial charge in [-0.05, 0) is 35.2 Å². The molecule has 1 aliphatic rings. The summed E-state index contributed by atoms with van der Waals surface area (Å²) in [6.07, 6.45) is -0.747. The monoisotopic (exact) mass is 355 g/mol. The van der Waals surface area contributed by atoms with Gasteiger partial charge in [0.05, 0.1) is 30.8 Å². The Balaban J connectivity index is 1.88. The molecule has 1 amide bonds. The van der Waals surface area contributed by atoms with E-state index in [2.05, 4.69) is 5.32 Å². The maximum atomic E-state index is 11.9. The van der Waals surface area contributed by atoms with Crippen LogP contribution in [0.2, 0.25) is 0 Å². The van der Waals surface area contributed by atoms with E-state index in [-0.39, 0.29) is 18.7 Å². The summed E-state index contributed by atoms with van der Waals surface area (Å²) in [5.74, 6) is -4.67. The predicted octanol–water partition coefficient (Wildman–Crippen LogP) is 0.150. The first kappa shape index (κ1) is 18.4. The van der Waals surface area contributed by atoms with Crippen molar-refractivity contribution in [2.75, 3.05) is 0 Å². The van der Waals surface area contributed by atoms with Crippen molar-refractivity contribution in [1.82, 2.24) is 5.32 Å². The van der Waals surface area contributed by atoms with E-state index in [0.29, 0.717) is 6.42 Å². The number of thiophene rings is 1. The topological polar surface area (TPSA) is 133 Å². The van der Waals surface area contributed by atoms with Crippen molar-refractivity contribution in [3.8, 4) is 0 Å². The second-order valence-corrected chi connectivity index (χ2v) is 6.45. The van der Waals surface area contributed by atoms with Crippen LogP contribution in [0.25, 0.3) is 0 Å². The molecule has 1 aromatic heterocycles. The molecule has 3 atom stereocenters. The van der Waals surface area contributed by atoms with Crippen LogP contribution in [0.15, 0.2) is 16.8 Å². The summed E-state index contributed by atoms with van der Waals surface area (Å²) >= 11 is 1.48. The third-order valence-electron chi connectivity index (χ3n) is 3.87. The normalized spacial score (nSPS) is 22.0. The number of carboxylic acid groups (broad SMARTS) is 2. The van der Waals surface area contributed by atoms with Crippen molar-refractivity contribution in [1.29, 1.82) is 0 Å². The van der Waals surface area contributed by atoms with Crippen LogP contribution in [0.3, 0.4) is 0 Å². The lowest BCUT2D eigenvalue weighted by molar-refractivity contribution is -0.152. The van der Waals surface area contributed by atoms with Gasteiger partial charge in [-0.2, -0.15) is 11.3 Å². The van der Waals surface area contributed by atoms with Gasteiger partial charge in [-0.25, -0.2) is 0 Å². The smallest absolute Gasteiger partial charge is 0.478 e. The Morgan fingerprint density at radius 2 is 2.12 bits per heavy atom. The van der Waals surface area contributed by atoms with E-state index in [0.717, 1.165) is 5.56 Å². The number of carboxylic acids is 2. The maximum absolute atomic E-state index is 11.9. The van der Waals surface area contributed by atoms with E-state index in [4.69, 9.17) is 14.9 Å². The van der Waals surface area contributed by atoms with Gasteiger partial charge in [0.15, 0.2) is 0 Å². The Bertz CT molecular complexity index is 594. The van der Waals surface area contributed by atoms with Gasteiger partial charge < -0.3 is 25.2 Å². The lowest BCUT2D eigenvalue weighted by Crippen LogP contribution is -2.54. The molecule has 1 saturated heterocycles.